The van der Waals surface area contributed by atoms with Crippen molar-refractivity contribution in [1.29, 1.82) is 0 Å². The van der Waals surface area contributed by atoms with Crippen LogP contribution in [-0.4, -0.2) is 49.2 Å². The van der Waals surface area contributed by atoms with Crippen LogP contribution in [-0.2, 0) is 21.1 Å². The van der Waals surface area contributed by atoms with Crippen LogP contribution in [0.2, 0.25) is 0 Å². The molecular weight excluding hydrogens is 476 g/mol. The number of ether oxygens (including phenoxy) is 1. The molecule has 1 aliphatic heterocycles. The van der Waals surface area contributed by atoms with E-state index in [1.165, 1.54) is 19.3 Å². The molecule has 162 valence electrons. The second-order valence-corrected chi connectivity index (χ2v) is 15.0. The van der Waals surface area contributed by atoms with E-state index in [9.17, 15) is 5.11 Å². The van der Waals surface area contributed by atoms with Crippen LogP contribution in [0.5, 0.6) is 0 Å². The second-order valence-electron chi connectivity index (χ2n) is 6.77. The maximum Gasteiger partial charge on any atom is 0.240 e. The number of halogens is 2. The quantitative estimate of drug-likeness (QED) is 0.212. The number of hydrogen-bond acceptors (Lipinski definition) is 9. The largest absolute Gasteiger partial charge is 0.390 e. The van der Waals surface area contributed by atoms with Gasteiger partial charge in [0.25, 0.3) is 0 Å². The molecule has 0 amide bonds. The Bertz CT molecular complexity index is 884. The van der Waals surface area contributed by atoms with Gasteiger partial charge in [0, 0.05) is 12.2 Å². The molecule has 3 heterocycles. The lowest BCUT2D eigenvalue weighted by atomic mass is 10.2. The lowest BCUT2D eigenvalue weighted by Gasteiger charge is -2.17. The first-order chi connectivity index (χ1) is 13.8. The molecule has 0 bridgehead atoms. The van der Waals surface area contributed by atoms with Gasteiger partial charge in [-0.05, 0) is 40.7 Å². The van der Waals surface area contributed by atoms with E-state index < -0.39 is 23.4 Å². The number of anilines is 1. The molecule has 2 aromatic rings. The molecule has 0 radical (unpaired) electrons. The molecule has 3 rings (SSSR count). The van der Waals surface area contributed by atoms with Crippen LogP contribution in [0.3, 0.4) is 0 Å². The summed E-state index contributed by atoms with van der Waals surface area (Å²) in [4.78, 5) is 10.4. The minimum absolute atomic E-state index is 0.0184. The number of imidazole rings is 1. The number of hydrogen-bond donors (Lipinski definition) is 2. The van der Waals surface area contributed by atoms with Crippen LogP contribution in [0, 0.1) is 0 Å². The topological polar surface area (TPSA) is 108 Å². The highest BCUT2D eigenvalue weighted by molar-refractivity contribution is 8.36. The van der Waals surface area contributed by atoms with Crippen LogP contribution in [0.15, 0.2) is 11.5 Å². The number of nitrogens with zero attached hydrogens (tertiary/aromatic N) is 4. The molecule has 0 aromatic carbocycles. The summed E-state index contributed by atoms with van der Waals surface area (Å²) in [5.41, 5.74) is 7.17. The SMILES string of the molecule is CCCCCCSc1nc(N)c2ncn([C@H]3C[C@H](O)[C@@H](COP(=S)(Cl)Cl)O3)c2n1. The molecule has 0 aliphatic carbocycles. The smallest absolute Gasteiger partial charge is 0.240 e. The van der Waals surface area contributed by atoms with Gasteiger partial charge >= 0.3 is 0 Å². The minimum Gasteiger partial charge on any atom is -0.390 e. The Labute approximate surface area is 188 Å². The van der Waals surface area contributed by atoms with Crippen LogP contribution in [0.1, 0.15) is 45.3 Å². The Kier molecular flexibility index (Phi) is 8.43. The summed E-state index contributed by atoms with van der Waals surface area (Å²) in [6.45, 7) is 2.20. The summed E-state index contributed by atoms with van der Waals surface area (Å²) in [6.07, 6.45) is 4.84. The third-order valence-electron chi connectivity index (χ3n) is 4.56. The van der Waals surface area contributed by atoms with E-state index in [2.05, 4.69) is 21.9 Å². The van der Waals surface area contributed by atoms with Gasteiger partial charge in [0.1, 0.15) is 17.8 Å². The van der Waals surface area contributed by atoms with Gasteiger partial charge in [-0.25, -0.2) is 15.0 Å². The number of thioether (sulfide) groups is 1. The average molecular weight is 500 g/mol. The zero-order chi connectivity index (χ0) is 21.0. The summed E-state index contributed by atoms with van der Waals surface area (Å²) in [6, 6.07) is 0. The van der Waals surface area contributed by atoms with Crippen LogP contribution < -0.4 is 5.73 Å². The molecule has 29 heavy (non-hydrogen) atoms. The monoisotopic (exact) mass is 499 g/mol. The zero-order valence-corrected chi connectivity index (χ0v) is 19.9. The molecule has 8 nitrogen and oxygen atoms in total. The van der Waals surface area contributed by atoms with Crippen molar-refractivity contribution in [3.05, 3.63) is 6.33 Å². The van der Waals surface area contributed by atoms with Crippen molar-refractivity contribution in [2.45, 2.75) is 62.6 Å². The zero-order valence-electron chi connectivity index (χ0n) is 15.9. The van der Waals surface area contributed by atoms with Gasteiger partial charge in [0.05, 0.1) is 19.0 Å². The standard InChI is InChI=1S/C16H24Cl2N5O3PS2/c1-2-3-4-5-6-29-16-21-14(19)13-15(22-16)23(9-20-13)12-7-10(24)11(26-12)8-25-27(17,18)28/h9-12,24H,2-8H2,1H3,(H2,19,21,22)/t10-,11+,12+/m0/s1. The van der Waals surface area contributed by atoms with Gasteiger partial charge in [-0.1, -0.05) is 37.9 Å². The van der Waals surface area contributed by atoms with E-state index in [-0.39, 0.29) is 6.61 Å². The number of unbranched alkanes of at least 4 members (excludes halogenated alkanes) is 3. The summed E-state index contributed by atoms with van der Waals surface area (Å²) < 4.78 is 12.9. The first-order valence-electron chi connectivity index (χ1n) is 9.38. The third kappa shape index (κ3) is 6.40. The number of rotatable bonds is 10. The number of aliphatic hydroxyl groups excluding tert-OH is 1. The van der Waals surface area contributed by atoms with Gasteiger partial charge < -0.3 is 20.1 Å². The van der Waals surface area contributed by atoms with Crippen molar-refractivity contribution in [2.24, 2.45) is 0 Å². The van der Waals surface area contributed by atoms with E-state index in [1.807, 2.05) is 0 Å². The van der Waals surface area contributed by atoms with E-state index in [4.69, 9.17) is 49.3 Å². The van der Waals surface area contributed by atoms with Gasteiger partial charge in [-0.3, -0.25) is 4.57 Å². The van der Waals surface area contributed by atoms with Crippen LogP contribution >= 0.6 is 39.2 Å². The Hall–Kier alpha value is -0.190. The maximum absolute atomic E-state index is 10.3. The predicted octanol–water partition coefficient (Wildman–Crippen LogP) is 4.45. The normalized spacial score (nSPS) is 22.6. The van der Waals surface area contributed by atoms with Crippen LogP contribution in [0.4, 0.5) is 5.82 Å². The number of aliphatic hydroxyl groups is 1. The molecule has 0 unspecified atom stereocenters. The van der Waals surface area contributed by atoms with Crippen molar-refractivity contribution < 1.29 is 14.4 Å². The molecule has 1 saturated heterocycles. The molecular formula is C16H24Cl2N5O3PS2. The average Bonchev–Trinajstić information content (AvgIpc) is 3.23. The highest BCUT2D eigenvalue weighted by Gasteiger charge is 2.37. The van der Waals surface area contributed by atoms with Crippen molar-refractivity contribution in [3.8, 4) is 0 Å². The number of fused-ring (bicyclic) bond motifs is 1. The Balaban J connectivity index is 1.72. The summed E-state index contributed by atoms with van der Waals surface area (Å²) >= 11 is 17.9. The summed E-state index contributed by atoms with van der Waals surface area (Å²) in [5.74, 6) is 1.26. The molecule has 3 N–H and O–H groups in total. The Morgan fingerprint density at radius 1 is 1.41 bits per heavy atom. The highest BCUT2D eigenvalue weighted by atomic mass is 35.9. The number of aromatic nitrogens is 4. The molecule has 13 heteroatoms. The van der Waals surface area contributed by atoms with Crippen molar-refractivity contribution in [2.75, 3.05) is 18.1 Å². The number of nitrogen functional groups attached to an aromatic ring is 1. The fraction of sp³-hybridized carbons (Fsp3) is 0.688. The van der Waals surface area contributed by atoms with Crippen molar-refractivity contribution in [1.82, 2.24) is 19.5 Å². The van der Waals surface area contributed by atoms with Gasteiger partial charge in [-0.15, -0.1) is 0 Å². The van der Waals surface area contributed by atoms with Gasteiger partial charge in [-0.2, -0.15) is 0 Å². The van der Waals surface area contributed by atoms with E-state index >= 15 is 0 Å². The maximum atomic E-state index is 10.3. The lowest BCUT2D eigenvalue weighted by Crippen LogP contribution is -2.25. The first-order valence-corrected chi connectivity index (χ1v) is 14.9. The molecule has 2 aromatic heterocycles. The summed E-state index contributed by atoms with van der Waals surface area (Å²) in [7, 11) is 0. The third-order valence-corrected chi connectivity index (χ3v) is 6.85. The number of nitrogens with two attached hydrogens (primary N) is 1. The predicted molar refractivity (Wildman–Crippen MR) is 121 cm³/mol. The molecule has 0 spiro atoms. The molecule has 3 atom stereocenters. The van der Waals surface area contributed by atoms with E-state index in [0.717, 1.165) is 12.2 Å². The second kappa shape index (κ2) is 10.4. The van der Waals surface area contributed by atoms with Gasteiger partial charge in [0.15, 0.2) is 16.6 Å². The molecule has 1 fully saturated rings. The fourth-order valence-corrected chi connectivity index (χ4v) is 4.77. The minimum atomic E-state index is -2.87. The van der Waals surface area contributed by atoms with Crippen LogP contribution in [0.25, 0.3) is 11.2 Å². The summed E-state index contributed by atoms with van der Waals surface area (Å²) in [5, 5.41) is 10.9. The first kappa shape index (κ1) is 23.5. The van der Waals surface area contributed by atoms with E-state index in [0.29, 0.717) is 28.6 Å². The van der Waals surface area contributed by atoms with Crippen molar-refractivity contribution in [3.63, 3.8) is 0 Å². The fourth-order valence-electron chi connectivity index (χ4n) is 3.08. The molecule has 0 saturated carbocycles. The van der Waals surface area contributed by atoms with E-state index in [1.54, 1.807) is 22.7 Å². The molecule has 1 aliphatic rings. The van der Waals surface area contributed by atoms with Crippen molar-refractivity contribution >= 4 is 68.0 Å². The highest BCUT2D eigenvalue weighted by Crippen LogP contribution is 2.58. The Morgan fingerprint density at radius 3 is 2.93 bits per heavy atom. The Morgan fingerprint density at radius 2 is 2.21 bits per heavy atom. The lowest BCUT2D eigenvalue weighted by molar-refractivity contribution is -0.0358. The van der Waals surface area contributed by atoms with Gasteiger partial charge in [0.2, 0.25) is 4.97 Å².